The quantitative estimate of drug-likeness (QED) is 0.0794. The van der Waals surface area contributed by atoms with E-state index >= 15 is 0 Å². The lowest BCUT2D eigenvalue weighted by Gasteiger charge is -2.32. The summed E-state index contributed by atoms with van der Waals surface area (Å²) in [5.74, 6) is 2.22. The largest absolute Gasteiger partial charge is 0.511 e. The van der Waals surface area contributed by atoms with Crippen LogP contribution in [0, 0.1) is 16.7 Å². The van der Waals surface area contributed by atoms with E-state index in [4.69, 9.17) is 26.3 Å². The van der Waals surface area contributed by atoms with Crippen LogP contribution in [0.5, 0.6) is 5.75 Å². The summed E-state index contributed by atoms with van der Waals surface area (Å²) in [6, 6.07) is 15.7. The minimum atomic E-state index is -1.38. The van der Waals surface area contributed by atoms with Crippen molar-refractivity contribution in [3.8, 4) is 5.75 Å². The molecule has 4 aromatic rings. The van der Waals surface area contributed by atoms with Gasteiger partial charge in [0.2, 0.25) is 0 Å². The van der Waals surface area contributed by atoms with Crippen LogP contribution in [0.4, 0.5) is 10.5 Å². The monoisotopic (exact) mass is 555 g/mol. The second-order valence-corrected chi connectivity index (χ2v) is 11.1. The Morgan fingerprint density at radius 3 is 2.51 bits per heavy atom. The average Bonchev–Trinajstić information content (AvgIpc) is 3.30. The molecule has 1 aromatic heterocycles. The Morgan fingerprint density at radius 1 is 1.12 bits per heavy atom. The number of ether oxygens (including phenoxy) is 1. The molecule has 0 amide bonds. The zero-order chi connectivity index (χ0) is 29.3. The number of amidine groups is 2. The maximum atomic E-state index is 11.6. The lowest BCUT2D eigenvalue weighted by Crippen LogP contribution is -2.38. The summed E-state index contributed by atoms with van der Waals surface area (Å²) in [6.07, 6.45) is 0.605. The van der Waals surface area contributed by atoms with Gasteiger partial charge in [-0.15, -0.1) is 0 Å². The Bertz CT molecular complexity index is 1630. The van der Waals surface area contributed by atoms with Crippen molar-refractivity contribution < 1.29 is 14.6 Å². The molecule has 1 fully saturated rings. The summed E-state index contributed by atoms with van der Waals surface area (Å²) >= 11 is 0. The molecule has 0 atom stereocenters. The molecule has 0 radical (unpaired) electrons. The highest BCUT2D eigenvalue weighted by molar-refractivity contribution is 5.99. The highest BCUT2D eigenvalue weighted by Gasteiger charge is 2.22. The van der Waals surface area contributed by atoms with E-state index in [9.17, 15) is 9.90 Å². The van der Waals surface area contributed by atoms with E-state index in [0.29, 0.717) is 29.4 Å². The van der Waals surface area contributed by atoms with E-state index < -0.39 is 6.16 Å². The number of nitrogens with zero attached hydrogens (tertiary/aromatic N) is 3. The number of fused-ring (bicyclic) bond motifs is 2. The number of imidazole rings is 1. The topological polar surface area (TPSA) is 153 Å². The van der Waals surface area contributed by atoms with Crippen molar-refractivity contribution in [3.05, 3.63) is 65.5 Å². The maximum absolute atomic E-state index is 11.6. The maximum Gasteiger partial charge on any atom is 0.511 e. The highest BCUT2D eigenvalue weighted by atomic mass is 16.7. The van der Waals surface area contributed by atoms with Crippen molar-refractivity contribution in [1.29, 1.82) is 10.8 Å². The van der Waals surface area contributed by atoms with Gasteiger partial charge in [-0.25, -0.2) is 9.78 Å². The molecule has 214 valence electrons. The first kappa shape index (κ1) is 27.9. The molecule has 10 nitrogen and oxygen atoms in total. The zero-order valence-electron chi connectivity index (χ0n) is 23.7. The molecule has 10 heteroatoms. The third kappa shape index (κ3) is 6.11. The summed E-state index contributed by atoms with van der Waals surface area (Å²) in [5.41, 5.74) is 9.53. The molecule has 0 spiro atoms. The van der Waals surface area contributed by atoms with Gasteiger partial charge in [0.05, 0.1) is 11.4 Å². The van der Waals surface area contributed by atoms with Crippen LogP contribution in [0.3, 0.4) is 0 Å². The summed E-state index contributed by atoms with van der Waals surface area (Å²) < 4.78 is 7.36. The summed E-state index contributed by atoms with van der Waals surface area (Å²) in [7, 11) is 0. The number of hydrogen-bond donors (Lipinski definition) is 5. The SMILES string of the molecule is CC(=N)N1CCC(CNc2cc(OC(=O)O)c3nc(C(C)C)n(Cc4ccc5ccc(C(=N)N)cc5c4)c3c2)CC1. The normalized spacial score (nSPS) is 14.1. The predicted molar refractivity (Wildman–Crippen MR) is 163 cm³/mol. The zero-order valence-corrected chi connectivity index (χ0v) is 23.7. The standard InChI is InChI=1S/C31H37N7O3/c1-18(2)30-36-28-26(38(30)17-21-4-5-22-6-7-23(29(33)34)13-24(22)12-21)14-25(15-27(28)41-31(39)40)35-16-20-8-10-37(11-9-20)19(3)32/h4-7,12-15,18,20,32,35H,8-11,16-17H2,1-3H3,(H3,33,34)(H,39,40). The van der Waals surface area contributed by atoms with Crippen molar-refractivity contribution in [2.75, 3.05) is 25.0 Å². The fourth-order valence-electron chi connectivity index (χ4n) is 5.57. The van der Waals surface area contributed by atoms with Gasteiger partial charge in [-0.2, -0.15) is 0 Å². The molecule has 41 heavy (non-hydrogen) atoms. The molecule has 1 aliphatic rings. The first-order valence-electron chi connectivity index (χ1n) is 13.9. The van der Waals surface area contributed by atoms with Gasteiger partial charge in [0.25, 0.3) is 0 Å². The Morgan fingerprint density at radius 2 is 1.85 bits per heavy atom. The number of hydrogen-bond acceptors (Lipinski definition) is 6. The van der Waals surface area contributed by atoms with E-state index in [1.807, 2.05) is 31.2 Å². The van der Waals surface area contributed by atoms with E-state index in [1.54, 1.807) is 6.07 Å². The van der Waals surface area contributed by atoms with Gasteiger partial charge in [-0.1, -0.05) is 38.1 Å². The fourth-order valence-corrected chi connectivity index (χ4v) is 5.57. The number of nitrogens with one attached hydrogen (secondary N) is 3. The van der Waals surface area contributed by atoms with Crippen LogP contribution in [0.15, 0.2) is 48.5 Å². The van der Waals surface area contributed by atoms with Gasteiger partial charge in [-0.05, 0) is 60.2 Å². The number of nitrogen functional groups attached to an aromatic ring is 1. The number of benzene rings is 3. The molecule has 1 aliphatic heterocycles. The van der Waals surface area contributed by atoms with Gasteiger partial charge in [0, 0.05) is 49.4 Å². The van der Waals surface area contributed by atoms with Crippen molar-refractivity contribution in [3.63, 3.8) is 0 Å². The Balaban J connectivity index is 1.50. The Kier molecular flexibility index (Phi) is 7.83. The number of likely N-dealkylation sites (tertiary alicyclic amines) is 1. The van der Waals surface area contributed by atoms with Crippen LogP contribution in [-0.2, 0) is 6.54 Å². The molecule has 1 saturated heterocycles. The second-order valence-electron chi connectivity index (χ2n) is 11.1. The van der Waals surface area contributed by atoms with E-state index in [-0.39, 0.29) is 17.5 Å². The van der Waals surface area contributed by atoms with Crippen LogP contribution in [0.25, 0.3) is 21.8 Å². The van der Waals surface area contributed by atoms with Gasteiger partial charge in [-0.3, -0.25) is 10.8 Å². The molecular weight excluding hydrogens is 518 g/mol. The van der Waals surface area contributed by atoms with Gasteiger partial charge < -0.3 is 30.4 Å². The van der Waals surface area contributed by atoms with E-state index in [1.165, 1.54) is 0 Å². The number of piperidine rings is 1. The smallest absolute Gasteiger partial charge is 0.449 e. The molecule has 3 aromatic carbocycles. The molecule has 0 unspecified atom stereocenters. The van der Waals surface area contributed by atoms with Crippen molar-refractivity contribution >= 4 is 45.3 Å². The van der Waals surface area contributed by atoms with E-state index in [0.717, 1.165) is 65.8 Å². The van der Waals surface area contributed by atoms with Gasteiger partial charge >= 0.3 is 6.16 Å². The first-order valence-corrected chi connectivity index (χ1v) is 13.9. The van der Waals surface area contributed by atoms with Crippen LogP contribution in [0.1, 0.15) is 56.5 Å². The number of carbonyl (C=O) groups is 1. The predicted octanol–water partition coefficient (Wildman–Crippen LogP) is 5.82. The third-order valence-corrected chi connectivity index (χ3v) is 7.80. The molecule has 0 aliphatic carbocycles. The lowest BCUT2D eigenvalue weighted by molar-refractivity contribution is 0.145. The van der Waals surface area contributed by atoms with Crippen molar-refractivity contribution in [1.82, 2.24) is 14.5 Å². The number of aromatic nitrogens is 2. The van der Waals surface area contributed by atoms with Crippen LogP contribution >= 0.6 is 0 Å². The van der Waals surface area contributed by atoms with Crippen LogP contribution in [-0.4, -0.2) is 57.0 Å². The molecule has 2 heterocycles. The molecule has 5 rings (SSSR count). The molecule has 0 saturated carbocycles. The summed E-state index contributed by atoms with van der Waals surface area (Å²) in [5, 5.41) is 30.7. The van der Waals surface area contributed by atoms with Crippen molar-refractivity contribution in [2.24, 2.45) is 11.7 Å². The fraction of sp³-hybridized carbons (Fsp3) is 0.355. The minimum absolute atomic E-state index is 0.0291. The van der Waals surface area contributed by atoms with Crippen molar-refractivity contribution in [2.45, 2.75) is 46.1 Å². The molecule has 6 N–H and O–H groups in total. The highest BCUT2D eigenvalue weighted by Crippen LogP contribution is 2.34. The third-order valence-electron chi connectivity index (χ3n) is 7.80. The van der Waals surface area contributed by atoms with Crippen LogP contribution < -0.4 is 15.8 Å². The van der Waals surface area contributed by atoms with E-state index in [2.05, 4.69) is 46.8 Å². The Hall–Kier alpha value is -4.60. The number of nitrogens with two attached hydrogens (primary N) is 1. The second kappa shape index (κ2) is 11.5. The molecule has 0 bridgehead atoms. The summed E-state index contributed by atoms with van der Waals surface area (Å²) in [6.45, 7) is 8.98. The summed E-state index contributed by atoms with van der Waals surface area (Å²) in [4.78, 5) is 18.6. The van der Waals surface area contributed by atoms with Crippen LogP contribution in [0.2, 0.25) is 0 Å². The number of rotatable bonds is 8. The van der Waals surface area contributed by atoms with Gasteiger partial charge in [0.1, 0.15) is 17.2 Å². The Labute approximate surface area is 239 Å². The average molecular weight is 556 g/mol. The first-order chi connectivity index (χ1) is 19.6. The molecular formula is C31H37N7O3. The van der Waals surface area contributed by atoms with Gasteiger partial charge in [0.15, 0.2) is 5.75 Å². The minimum Gasteiger partial charge on any atom is -0.449 e. The lowest BCUT2D eigenvalue weighted by atomic mass is 9.96. The number of carboxylic acid groups (broad SMARTS) is 1. The number of anilines is 1.